The van der Waals surface area contributed by atoms with Crippen molar-refractivity contribution in [3.8, 4) is 0 Å². The van der Waals surface area contributed by atoms with Crippen LogP contribution in [-0.2, 0) is 16.0 Å². The topological polar surface area (TPSA) is 104 Å². The van der Waals surface area contributed by atoms with Gasteiger partial charge in [0.15, 0.2) is 5.16 Å². The van der Waals surface area contributed by atoms with Crippen molar-refractivity contribution in [3.63, 3.8) is 0 Å². The van der Waals surface area contributed by atoms with Gasteiger partial charge in [-0.1, -0.05) is 38.1 Å². The summed E-state index contributed by atoms with van der Waals surface area (Å²) in [6, 6.07) is 6.92. The fourth-order valence-corrected chi connectivity index (χ4v) is 4.94. The zero-order valence-corrected chi connectivity index (χ0v) is 19.6. The molecule has 0 bridgehead atoms. The fourth-order valence-electron chi connectivity index (χ4n) is 3.17. The van der Waals surface area contributed by atoms with Gasteiger partial charge in [-0.25, -0.2) is 4.98 Å². The Bertz CT molecular complexity index is 1170. The molecular weight excluding hydrogens is 432 g/mol. The van der Waals surface area contributed by atoms with E-state index in [-0.39, 0.29) is 23.1 Å². The maximum atomic E-state index is 12.7. The van der Waals surface area contributed by atoms with Crippen molar-refractivity contribution < 1.29 is 9.59 Å². The number of fused-ring (bicyclic) bond motifs is 1. The van der Waals surface area contributed by atoms with E-state index in [0.717, 1.165) is 23.3 Å². The number of carbonyl (C=O) groups is 2. The molecule has 3 aromatic rings. The molecule has 31 heavy (non-hydrogen) atoms. The lowest BCUT2D eigenvalue weighted by Gasteiger charge is -2.08. The third-order valence-corrected chi connectivity index (χ3v) is 6.81. The van der Waals surface area contributed by atoms with Gasteiger partial charge in [-0.2, -0.15) is 0 Å². The monoisotopic (exact) mass is 458 g/mol. The van der Waals surface area contributed by atoms with E-state index in [9.17, 15) is 14.4 Å². The van der Waals surface area contributed by atoms with Crippen LogP contribution in [0.3, 0.4) is 0 Å². The van der Waals surface area contributed by atoms with Crippen LogP contribution in [0.15, 0.2) is 34.2 Å². The Balaban J connectivity index is 1.69. The van der Waals surface area contributed by atoms with E-state index in [0.29, 0.717) is 32.7 Å². The number of H-pyrrole nitrogens is 1. The molecule has 2 amide bonds. The van der Waals surface area contributed by atoms with Gasteiger partial charge in [-0.3, -0.25) is 14.4 Å². The number of aryl methyl sites for hydroxylation is 1. The molecule has 2 heterocycles. The predicted octanol–water partition coefficient (Wildman–Crippen LogP) is 4.57. The molecule has 0 spiro atoms. The first-order valence-electron chi connectivity index (χ1n) is 10.1. The quantitative estimate of drug-likeness (QED) is 0.339. The molecule has 0 aliphatic heterocycles. The average Bonchev–Trinajstić information content (AvgIpc) is 3.01. The van der Waals surface area contributed by atoms with E-state index >= 15 is 0 Å². The second-order valence-corrected chi connectivity index (χ2v) is 9.67. The van der Waals surface area contributed by atoms with E-state index in [1.165, 1.54) is 30.0 Å². The number of rotatable bonds is 8. The van der Waals surface area contributed by atoms with Gasteiger partial charge in [0.2, 0.25) is 11.8 Å². The Morgan fingerprint density at radius 2 is 1.97 bits per heavy atom. The number of nitrogens with one attached hydrogen (secondary N) is 3. The molecule has 0 aliphatic carbocycles. The molecule has 0 saturated carbocycles. The van der Waals surface area contributed by atoms with Gasteiger partial charge in [0.05, 0.1) is 11.1 Å². The van der Waals surface area contributed by atoms with Gasteiger partial charge in [-0.15, -0.1) is 11.3 Å². The summed E-state index contributed by atoms with van der Waals surface area (Å²) in [5.41, 5.74) is 2.11. The Labute approximate surface area is 189 Å². The van der Waals surface area contributed by atoms with Crippen LogP contribution in [0.2, 0.25) is 0 Å². The third-order valence-electron chi connectivity index (χ3n) is 4.90. The number of aromatic nitrogens is 2. The number of thiophene rings is 1. The predicted molar refractivity (Wildman–Crippen MR) is 128 cm³/mol. The van der Waals surface area contributed by atoms with Crippen LogP contribution in [0, 0.1) is 12.8 Å². The minimum absolute atomic E-state index is 0.100. The number of anilines is 2. The number of nitrogens with zero attached hydrogens (tertiary/aromatic N) is 1. The molecule has 3 N–H and O–H groups in total. The number of benzene rings is 1. The van der Waals surface area contributed by atoms with Crippen LogP contribution in [0.4, 0.5) is 11.4 Å². The van der Waals surface area contributed by atoms with Crippen molar-refractivity contribution in [1.82, 2.24) is 9.97 Å². The molecule has 2 aromatic heterocycles. The van der Waals surface area contributed by atoms with Gasteiger partial charge >= 0.3 is 0 Å². The molecule has 0 fully saturated rings. The van der Waals surface area contributed by atoms with Crippen molar-refractivity contribution in [3.05, 3.63) is 45.1 Å². The first-order valence-corrected chi connectivity index (χ1v) is 11.9. The van der Waals surface area contributed by atoms with Crippen molar-refractivity contribution in [1.29, 1.82) is 0 Å². The van der Waals surface area contributed by atoms with Crippen molar-refractivity contribution >= 4 is 56.5 Å². The average molecular weight is 459 g/mol. The van der Waals surface area contributed by atoms with Crippen LogP contribution in [0.25, 0.3) is 10.2 Å². The zero-order valence-electron chi connectivity index (χ0n) is 18.0. The van der Waals surface area contributed by atoms with Crippen LogP contribution in [0.5, 0.6) is 0 Å². The first-order chi connectivity index (χ1) is 14.8. The van der Waals surface area contributed by atoms with Crippen LogP contribution < -0.4 is 16.2 Å². The Kier molecular flexibility index (Phi) is 7.50. The summed E-state index contributed by atoms with van der Waals surface area (Å²) >= 11 is 2.71. The third kappa shape index (κ3) is 5.95. The van der Waals surface area contributed by atoms with Gasteiger partial charge in [0.25, 0.3) is 5.56 Å². The summed E-state index contributed by atoms with van der Waals surface area (Å²) < 4.78 is 0. The molecule has 0 radical (unpaired) electrons. The van der Waals surface area contributed by atoms with Crippen molar-refractivity contribution in [2.45, 2.75) is 45.7 Å². The normalized spacial score (nSPS) is 12.0. The summed E-state index contributed by atoms with van der Waals surface area (Å²) in [6.45, 7) is 7.78. The lowest BCUT2D eigenvalue weighted by molar-refractivity contribution is -0.114. The van der Waals surface area contributed by atoms with Crippen LogP contribution in [0.1, 0.15) is 37.6 Å². The Morgan fingerprint density at radius 1 is 1.26 bits per heavy atom. The Hall–Kier alpha value is -2.65. The summed E-state index contributed by atoms with van der Waals surface area (Å²) in [4.78, 5) is 45.5. The molecule has 164 valence electrons. The second-order valence-electron chi connectivity index (χ2n) is 7.50. The zero-order chi connectivity index (χ0) is 22.5. The smallest absolute Gasteiger partial charge is 0.260 e. The maximum Gasteiger partial charge on any atom is 0.260 e. The van der Waals surface area contributed by atoms with Gasteiger partial charge in [0, 0.05) is 23.2 Å². The largest absolute Gasteiger partial charge is 0.326 e. The number of thioether (sulfide) groups is 1. The summed E-state index contributed by atoms with van der Waals surface area (Å²) in [7, 11) is 0. The van der Waals surface area contributed by atoms with Gasteiger partial charge in [-0.05, 0) is 43.0 Å². The lowest BCUT2D eigenvalue weighted by Crippen LogP contribution is -2.16. The molecule has 1 atom stereocenters. The molecule has 9 heteroatoms. The second kappa shape index (κ2) is 10.1. The number of hydrogen-bond acceptors (Lipinski definition) is 6. The van der Waals surface area contributed by atoms with E-state index in [4.69, 9.17) is 0 Å². The molecule has 1 aromatic carbocycles. The fraction of sp³-hybridized carbons (Fsp3) is 0.364. The molecular formula is C22H26N4O3S2. The highest BCUT2D eigenvalue weighted by Gasteiger charge is 2.17. The van der Waals surface area contributed by atoms with Gasteiger partial charge in [0.1, 0.15) is 4.83 Å². The van der Waals surface area contributed by atoms with E-state index in [2.05, 4.69) is 34.4 Å². The first kappa shape index (κ1) is 23.0. The number of hydrogen-bond donors (Lipinski definition) is 3. The van der Waals surface area contributed by atoms with E-state index in [1.807, 2.05) is 6.92 Å². The maximum absolute atomic E-state index is 12.7. The highest BCUT2D eigenvalue weighted by molar-refractivity contribution is 7.99. The number of carbonyl (C=O) groups excluding carboxylic acids is 2. The van der Waals surface area contributed by atoms with E-state index < -0.39 is 0 Å². The highest BCUT2D eigenvalue weighted by atomic mass is 32.2. The van der Waals surface area contributed by atoms with Crippen molar-refractivity contribution in [2.75, 3.05) is 16.4 Å². The number of aromatic amines is 1. The Morgan fingerprint density at radius 3 is 2.65 bits per heavy atom. The summed E-state index contributed by atoms with van der Waals surface area (Å²) in [5, 5.41) is 6.57. The number of amides is 2. The van der Waals surface area contributed by atoms with Crippen molar-refractivity contribution in [2.24, 2.45) is 5.92 Å². The van der Waals surface area contributed by atoms with E-state index in [1.54, 1.807) is 24.3 Å². The minimum Gasteiger partial charge on any atom is -0.326 e. The molecule has 0 aliphatic rings. The lowest BCUT2D eigenvalue weighted by atomic mass is 9.98. The molecule has 0 saturated heterocycles. The molecule has 7 nitrogen and oxygen atoms in total. The molecule has 1 unspecified atom stereocenters. The van der Waals surface area contributed by atoms with Gasteiger partial charge < -0.3 is 15.6 Å². The standard InChI is InChI=1S/C22H26N4O3S2/c1-5-12(2)9-17-13(3)31-21-19(17)20(29)25-22(26-21)30-11-18(28)24-16-8-6-7-15(10-16)23-14(4)27/h6-8,10,12H,5,9,11H2,1-4H3,(H,23,27)(H,24,28)(H,25,26,29). The van der Waals surface area contributed by atoms with Crippen LogP contribution in [-0.4, -0.2) is 27.5 Å². The summed E-state index contributed by atoms with van der Waals surface area (Å²) in [5.74, 6) is 0.189. The minimum atomic E-state index is -0.229. The summed E-state index contributed by atoms with van der Waals surface area (Å²) in [6.07, 6.45) is 1.92. The molecule has 3 rings (SSSR count). The highest BCUT2D eigenvalue weighted by Crippen LogP contribution is 2.30. The van der Waals surface area contributed by atoms with Crippen LogP contribution >= 0.6 is 23.1 Å². The SMILES string of the molecule is CCC(C)Cc1c(C)sc2nc(SCC(=O)Nc3cccc(NC(C)=O)c3)[nH]c(=O)c12.